The fourth-order valence-corrected chi connectivity index (χ4v) is 4.18. The van der Waals surface area contributed by atoms with Gasteiger partial charge in [-0.15, -0.1) is 0 Å². The van der Waals surface area contributed by atoms with Crippen molar-refractivity contribution in [3.63, 3.8) is 0 Å². The smallest absolute Gasteiger partial charge is 0.261 e. The largest absolute Gasteiger partial charge is 0.312 e. The molecule has 126 valence electrons. The maximum Gasteiger partial charge on any atom is 0.261 e. The number of benzene rings is 2. The van der Waals surface area contributed by atoms with Crippen LogP contribution in [0.4, 0.5) is 11.4 Å². The van der Waals surface area contributed by atoms with E-state index < -0.39 is 10.0 Å². The van der Waals surface area contributed by atoms with Crippen molar-refractivity contribution in [3.05, 3.63) is 52.0 Å². The second kappa shape index (κ2) is 6.27. The van der Waals surface area contributed by atoms with E-state index in [0.717, 1.165) is 11.3 Å². The van der Waals surface area contributed by atoms with Gasteiger partial charge in [0.25, 0.3) is 10.0 Å². The fraction of sp³-hybridized carbons (Fsp3) is 0.188. The Balaban J connectivity index is 1.94. The first-order valence-electron chi connectivity index (χ1n) is 7.17. The number of anilines is 2. The summed E-state index contributed by atoms with van der Waals surface area (Å²) < 4.78 is 27.6. The van der Waals surface area contributed by atoms with Gasteiger partial charge < -0.3 is 4.90 Å². The van der Waals surface area contributed by atoms with Crippen molar-refractivity contribution in [3.8, 4) is 0 Å². The highest BCUT2D eigenvalue weighted by molar-refractivity contribution is 7.92. The third kappa shape index (κ3) is 3.09. The Hall–Kier alpha value is -1.76. The summed E-state index contributed by atoms with van der Waals surface area (Å²) in [6.07, 6.45) is 0.621. The molecule has 0 aliphatic carbocycles. The van der Waals surface area contributed by atoms with Gasteiger partial charge in [0.15, 0.2) is 0 Å². The van der Waals surface area contributed by atoms with E-state index in [-0.39, 0.29) is 26.5 Å². The van der Waals surface area contributed by atoms with Crippen LogP contribution in [0, 0.1) is 0 Å². The van der Waals surface area contributed by atoms with Gasteiger partial charge in [-0.1, -0.05) is 29.3 Å². The summed E-state index contributed by atoms with van der Waals surface area (Å²) in [5.74, 6) is -0.0619. The van der Waals surface area contributed by atoms with Gasteiger partial charge in [-0.05, 0) is 42.3 Å². The molecule has 2 aromatic rings. The standard InChI is InChI=1S/C16H14Cl2N2O3S/c1-10(21)20-8-7-11-9-12(5-6-15(11)20)24(22,23)19-14-4-2-3-13(17)16(14)18/h2-6,9,19H,7-8H2,1H3. The second-order valence-corrected chi connectivity index (χ2v) is 7.89. The maximum atomic E-state index is 12.6. The topological polar surface area (TPSA) is 66.5 Å². The Morgan fingerprint density at radius 2 is 1.96 bits per heavy atom. The Bertz CT molecular complexity index is 929. The van der Waals surface area contributed by atoms with Crippen molar-refractivity contribution >= 4 is 50.5 Å². The average molecular weight is 385 g/mol. The van der Waals surface area contributed by atoms with Gasteiger partial charge in [0.1, 0.15) is 0 Å². The lowest BCUT2D eigenvalue weighted by Gasteiger charge is -2.15. The number of carbonyl (C=O) groups is 1. The second-order valence-electron chi connectivity index (χ2n) is 5.42. The van der Waals surface area contributed by atoms with Crippen LogP contribution in [0.2, 0.25) is 10.0 Å². The molecule has 8 heteroatoms. The summed E-state index contributed by atoms with van der Waals surface area (Å²) in [4.78, 5) is 13.3. The highest BCUT2D eigenvalue weighted by Crippen LogP contribution is 2.33. The lowest BCUT2D eigenvalue weighted by Crippen LogP contribution is -2.25. The summed E-state index contributed by atoms with van der Waals surface area (Å²) in [5, 5.41) is 0.412. The molecule has 0 atom stereocenters. The molecule has 24 heavy (non-hydrogen) atoms. The van der Waals surface area contributed by atoms with Crippen molar-refractivity contribution in [2.24, 2.45) is 0 Å². The third-order valence-electron chi connectivity index (χ3n) is 3.83. The number of hydrogen-bond donors (Lipinski definition) is 1. The lowest BCUT2D eigenvalue weighted by molar-refractivity contribution is -0.116. The summed E-state index contributed by atoms with van der Waals surface area (Å²) in [6.45, 7) is 2.05. The molecule has 1 heterocycles. The Morgan fingerprint density at radius 3 is 2.67 bits per heavy atom. The third-order valence-corrected chi connectivity index (χ3v) is 6.01. The van der Waals surface area contributed by atoms with Crippen molar-refractivity contribution in [1.29, 1.82) is 0 Å². The number of nitrogens with zero attached hydrogens (tertiary/aromatic N) is 1. The molecule has 0 saturated carbocycles. The Morgan fingerprint density at radius 1 is 1.21 bits per heavy atom. The lowest BCUT2D eigenvalue weighted by atomic mass is 10.2. The van der Waals surface area contributed by atoms with Crippen molar-refractivity contribution < 1.29 is 13.2 Å². The summed E-state index contributed by atoms with van der Waals surface area (Å²) in [5.41, 5.74) is 1.79. The van der Waals surface area contributed by atoms with E-state index in [1.807, 2.05) is 0 Å². The molecule has 0 saturated heterocycles. The average Bonchev–Trinajstić information content (AvgIpc) is 2.95. The SMILES string of the molecule is CC(=O)N1CCc2cc(S(=O)(=O)Nc3cccc(Cl)c3Cl)ccc21. The molecule has 1 amide bonds. The number of rotatable bonds is 3. The zero-order chi connectivity index (χ0) is 17.5. The first-order valence-corrected chi connectivity index (χ1v) is 9.41. The van der Waals surface area contributed by atoms with Crippen molar-refractivity contribution in [2.75, 3.05) is 16.2 Å². The van der Waals surface area contributed by atoms with Gasteiger partial charge >= 0.3 is 0 Å². The van der Waals surface area contributed by atoms with E-state index in [1.165, 1.54) is 19.1 Å². The van der Waals surface area contributed by atoms with E-state index in [0.29, 0.717) is 13.0 Å². The molecule has 0 bridgehead atoms. The van der Waals surface area contributed by atoms with E-state index in [1.54, 1.807) is 29.2 Å². The molecule has 0 aromatic heterocycles. The molecule has 1 aliphatic rings. The minimum Gasteiger partial charge on any atom is -0.312 e. The number of carbonyl (C=O) groups excluding carboxylic acids is 1. The number of sulfonamides is 1. The molecular formula is C16H14Cl2N2O3S. The minimum atomic E-state index is -3.81. The van der Waals surface area contributed by atoms with Crippen LogP contribution >= 0.6 is 23.2 Å². The van der Waals surface area contributed by atoms with Crippen LogP contribution in [0.5, 0.6) is 0 Å². The highest BCUT2D eigenvalue weighted by Gasteiger charge is 2.25. The van der Waals surface area contributed by atoms with Crippen LogP contribution < -0.4 is 9.62 Å². The molecular weight excluding hydrogens is 371 g/mol. The molecule has 0 radical (unpaired) electrons. The Labute approximate surface area is 150 Å². The van der Waals surface area contributed by atoms with Gasteiger partial charge in [0.2, 0.25) is 5.91 Å². The normalized spacial score (nSPS) is 13.7. The predicted molar refractivity (Wildman–Crippen MR) is 95.4 cm³/mol. The number of hydrogen-bond acceptors (Lipinski definition) is 3. The van der Waals surface area contributed by atoms with E-state index >= 15 is 0 Å². The zero-order valence-corrected chi connectivity index (χ0v) is 15.0. The van der Waals surface area contributed by atoms with Crippen LogP contribution in [0.15, 0.2) is 41.3 Å². The van der Waals surface area contributed by atoms with Crippen LogP contribution in [0.3, 0.4) is 0 Å². The minimum absolute atomic E-state index is 0.0619. The molecule has 0 spiro atoms. The molecule has 5 nitrogen and oxygen atoms in total. The summed E-state index contributed by atoms with van der Waals surface area (Å²) in [7, 11) is -3.81. The van der Waals surface area contributed by atoms with Crippen LogP contribution in [-0.2, 0) is 21.2 Å². The predicted octanol–water partition coefficient (Wildman–Crippen LogP) is 3.70. The zero-order valence-electron chi connectivity index (χ0n) is 12.7. The van der Waals surface area contributed by atoms with Gasteiger partial charge in [-0.2, -0.15) is 0 Å². The maximum absolute atomic E-state index is 12.6. The van der Waals surface area contributed by atoms with Crippen LogP contribution in [0.1, 0.15) is 12.5 Å². The monoisotopic (exact) mass is 384 g/mol. The molecule has 0 unspecified atom stereocenters. The number of amides is 1. The first kappa shape index (κ1) is 17.1. The number of fused-ring (bicyclic) bond motifs is 1. The quantitative estimate of drug-likeness (QED) is 0.876. The van der Waals surface area contributed by atoms with Gasteiger partial charge in [-0.3, -0.25) is 9.52 Å². The molecule has 0 fully saturated rings. The van der Waals surface area contributed by atoms with E-state index in [4.69, 9.17) is 23.2 Å². The summed E-state index contributed by atoms with van der Waals surface area (Å²) >= 11 is 11.9. The van der Waals surface area contributed by atoms with Crippen molar-refractivity contribution in [2.45, 2.75) is 18.2 Å². The number of halogens is 2. The van der Waals surface area contributed by atoms with Gasteiger partial charge in [0.05, 0.1) is 20.6 Å². The Kier molecular flexibility index (Phi) is 4.46. The van der Waals surface area contributed by atoms with E-state index in [2.05, 4.69) is 4.72 Å². The van der Waals surface area contributed by atoms with E-state index in [9.17, 15) is 13.2 Å². The molecule has 1 N–H and O–H groups in total. The number of nitrogens with one attached hydrogen (secondary N) is 1. The fourth-order valence-electron chi connectivity index (χ4n) is 2.66. The molecule has 3 rings (SSSR count). The van der Waals surface area contributed by atoms with Crippen molar-refractivity contribution in [1.82, 2.24) is 0 Å². The highest BCUT2D eigenvalue weighted by atomic mass is 35.5. The van der Waals surface area contributed by atoms with Gasteiger partial charge in [-0.25, -0.2) is 8.42 Å². The first-order chi connectivity index (χ1) is 11.3. The molecule has 1 aliphatic heterocycles. The van der Waals surface area contributed by atoms with Crippen LogP contribution in [0.25, 0.3) is 0 Å². The summed E-state index contributed by atoms with van der Waals surface area (Å²) in [6, 6.07) is 9.43. The molecule has 2 aromatic carbocycles. The van der Waals surface area contributed by atoms with Gasteiger partial charge in [0, 0.05) is 19.2 Å². The van der Waals surface area contributed by atoms with Crippen LogP contribution in [-0.4, -0.2) is 20.9 Å².